The van der Waals surface area contributed by atoms with Crippen molar-refractivity contribution in [1.82, 2.24) is 15.0 Å². The van der Waals surface area contributed by atoms with E-state index in [-0.39, 0.29) is 0 Å². The second kappa shape index (κ2) is 8.31. The van der Waals surface area contributed by atoms with Gasteiger partial charge in [0.2, 0.25) is 5.95 Å². The molecule has 0 saturated carbocycles. The number of nitrogens with zero attached hydrogens (tertiary/aromatic N) is 3. The summed E-state index contributed by atoms with van der Waals surface area (Å²) >= 11 is 0. The molecule has 2 heterocycles. The van der Waals surface area contributed by atoms with E-state index < -0.39 is 0 Å². The van der Waals surface area contributed by atoms with Gasteiger partial charge in [0.1, 0.15) is 5.82 Å². The van der Waals surface area contributed by atoms with Gasteiger partial charge in [-0.25, -0.2) is 4.98 Å². The second-order valence-electron chi connectivity index (χ2n) is 6.50. The molecule has 0 aliphatic heterocycles. The van der Waals surface area contributed by atoms with Crippen LogP contribution in [0.3, 0.4) is 0 Å². The van der Waals surface area contributed by atoms with Crippen LogP contribution < -0.4 is 10.6 Å². The third-order valence-electron chi connectivity index (χ3n) is 4.25. The van der Waals surface area contributed by atoms with Crippen LogP contribution in [0.15, 0.2) is 85.1 Å². The van der Waals surface area contributed by atoms with Crippen molar-refractivity contribution in [2.75, 3.05) is 10.6 Å². The molecule has 0 aliphatic carbocycles. The summed E-state index contributed by atoms with van der Waals surface area (Å²) in [6.07, 6.45) is 1.79. The SMILES string of the molecule is Cc1cccc(Nc2nc(NCc3ccccn3)cc(-c3ccccc3)n2)c1. The number of hydrogen-bond donors (Lipinski definition) is 2. The Morgan fingerprint density at radius 1 is 0.821 bits per heavy atom. The minimum absolute atomic E-state index is 0.551. The van der Waals surface area contributed by atoms with Gasteiger partial charge < -0.3 is 10.6 Å². The van der Waals surface area contributed by atoms with Crippen LogP contribution in [-0.2, 0) is 6.54 Å². The van der Waals surface area contributed by atoms with Crippen molar-refractivity contribution in [2.45, 2.75) is 13.5 Å². The Morgan fingerprint density at radius 3 is 2.46 bits per heavy atom. The van der Waals surface area contributed by atoms with Crippen molar-refractivity contribution in [3.63, 3.8) is 0 Å². The van der Waals surface area contributed by atoms with Gasteiger partial charge in [-0.15, -0.1) is 0 Å². The Balaban J connectivity index is 1.64. The van der Waals surface area contributed by atoms with Crippen LogP contribution in [0.2, 0.25) is 0 Å². The molecule has 0 saturated heterocycles. The maximum Gasteiger partial charge on any atom is 0.229 e. The average molecular weight is 367 g/mol. The number of benzene rings is 2. The van der Waals surface area contributed by atoms with Crippen LogP contribution >= 0.6 is 0 Å². The summed E-state index contributed by atoms with van der Waals surface area (Å²) in [5, 5.41) is 6.67. The molecule has 2 aromatic carbocycles. The topological polar surface area (TPSA) is 62.7 Å². The fraction of sp³-hybridized carbons (Fsp3) is 0.0870. The normalized spacial score (nSPS) is 10.5. The zero-order chi connectivity index (χ0) is 19.2. The van der Waals surface area contributed by atoms with E-state index in [1.54, 1.807) is 6.20 Å². The van der Waals surface area contributed by atoms with Crippen LogP contribution in [0.5, 0.6) is 0 Å². The molecule has 4 rings (SSSR count). The first kappa shape index (κ1) is 17.7. The number of aryl methyl sites for hydroxylation is 1. The Kier molecular flexibility index (Phi) is 5.24. The number of rotatable bonds is 6. The Bertz CT molecular complexity index is 1050. The van der Waals surface area contributed by atoms with Gasteiger partial charge in [-0.1, -0.05) is 48.5 Å². The van der Waals surface area contributed by atoms with E-state index in [2.05, 4.69) is 39.7 Å². The summed E-state index contributed by atoms with van der Waals surface area (Å²) in [4.78, 5) is 13.7. The Hall–Kier alpha value is -3.73. The van der Waals surface area contributed by atoms with Gasteiger partial charge in [-0.3, -0.25) is 4.98 Å². The molecule has 0 radical (unpaired) electrons. The highest BCUT2D eigenvalue weighted by atomic mass is 15.1. The van der Waals surface area contributed by atoms with Crippen molar-refractivity contribution in [3.05, 3.63) is 96.3 Å². The predicted octanol–water partition coefficient (Wildman–Crippen LogP) is 5.20. The van der Waals surface area contributed by atoms with Crippen molar-refractivity contribution in [1.29, 1.82) is 0 Å². The molecule has 0 amide bonds. The number of anilines is 3. The lowest BCUT2D eigenvalue weighted by molar-refractivity contribution is 1.02. The minimum atomic E-state index is 0.551. The zero-order valence-corrected chi connectivity index (χ0v) is 15.6. The molecule has 0 aliphatic rings. The first-order valence-corrected chi connectivity index (χ1v) is 9.18. The quantitative estimate of drug-likeness (QED) is 0.490. The lowest BCUT2D eigenvalue weighted by Crippen LogP contribution is -2.06. The van der Waals surface area contributed by atoms with Crippen LogP contribution in [0.1, 0.15) is 11.3 Å². The van der Waals surface area contributed by atoms with E-state index in [4.69, 9.17) is 4.98 Å². The van der Waals surface area contributed by atoms with E-state index in [1.165, 1.54) is 5.56 Å². The molecule has 5 heteroatoms. The molecule has 138 valence electrons. The molecule has 2 aromatic heterocycles. The number of aromatic nitrogens is 3. The molecule has 28 heavy (non-hydrogen) atoms. The summed E-state index contributed by atoms with van der Waals surface area (Å²) in [6, 6.07) is 26.1. The minimum Gasteiger partial charge on any atom is -0.364 e. The fourth-order valence-corrected chi connectivity index (χ4v) is 2.89. The Labute approximate surface area is 164 Å². The van der Waals surface area contributed by atoms with Gasteiger partial charge in [0.25, 0.3) is 0 Å². The third-order valence-corrected chi connectivity index (χ3v) is 4.25. The van der Waals surface area contributed by atoms with E-state index in [1.807, 2.05) is 66.7 Å². The van der Waals surface area contributed by atoms with Crippen molar-refractivity contribution < 1.29 is 0 Å². The molecule has 5 nitrogen and oxygen atoms in total. The largest absolute Gasteiger partial charge is 0.364 e. The highest BCUT2D eigenvalue weighted by Crippen LogP contribution is 2.23. The summed E-state index contributed by atoms with van der Waals surface area (Å²) in [6.45, 7) is 2.66. The van der Waals surface area contributed by atoms with Crippen LogP contribution in [0.4, 0.5) is 17.5 Å². The van der Waals surface area contributed by atoms with Gasteiger partial charge in [0, 0.05) is 23.5 Å². The third kappa shape index (κ3) is 4.51. The molecular formula is C23H21N5. The van der Waals surface area contributed by atoms with Gasteiger partial charge in [-0.05, 0) is 36.8 Å². The number of nitrogens with one attached hydrogen (secondary N) is 2. The molecule has 4 aromatic rings. The predicted molar refractivity (Wildman–Crippen MR) is 113 cm³/mol. The van der Waals surface area contributed by atoms with E-state index in [0.29, 0.717) is 12.5 Å². The van der Waals surface area contributed by atoms with E-state index >= 15 is 0 Å². The lowest BCUT2D eigenvalue weighted by Gasteiger charge is -2.12. The average Bonchev–Trinajstić information content (AvgIpc) is 2.74. The van der Waals surface area contributed by atoms with Crippen LogP contribution in [0.25, 0.3) is 11.3 Å². The standard InChI is InChI=1S/C23H21N5/c1-17-8-7-12-19(14-17)26-23-27-21(18-9-3-2-4-10-18)15-22(28-23)25-16-20-11-5-6-13-24-20/h2-15H,16H2,1H3,(H2,25,26,27,28). The molecule has 2 N–H and O–H groups in total. The summed E-state index contributed by atoms with van der Waals surface area (Å²) < 4.78 is 0. The fourth-order valence-electron chi connectivity index (χ4n) is 2.89. The molecule has 0 bridgehead atoms. The smallest absolute Gasteiger partial charge is 0.229 e. The molecule has 0 unspecified atom stereocenters. The second-order valence-corrected chi connectivity index (χ2v) is 6.50. The monoisotopic (exact) mass is 367 g/mol. The van der Waals surface area contributed by atoms with Gasteiger partial charge in [0.15, 0.2) is 0 Å². The molecule has 0 fully saturated rings. The van der Waals surface area contributed by atoms with Gasteiger partial charge >= 0.3 is 0 Å². The van der Waals surface area contributed by atoms with Crippen molar-refractivity contribution in [3.8, 4) is 11.3 Å². The summed E-state index contributed by atoms with van der Waals surface area (Å²) in [5.41, 5.74) is 4.99. The molecule has 0 spiro atoms. The molecular weight excluding hydrogens is 346 g/mol. The highest BCUT2D eigenvalue weighted by molar-refractivity contribution is 5.66. The van der Waals surface area contributed by atoms with Crippen molar-refractivity contribution in [2.24, 2.45) is 0 Å². The zero-order valence-electron chi connectivity index (χ0n) is 15.6. The molecule has 0 atom stereocenters. The van der Waals surface area contributed by atoms with Crippen LogP contribution in [-0.4, -0.2) is 15.0 Å². The maximum absolute atomic E-state index is 4.71. The first-order valence-electron chi connectivity index (χ1n) is 9.18. The Morgan fingerprint density at radius 2 is 1.68 bits per heavy atom. The van der Waals surface area contributed by atoms with E-state index in [0.717, 1.165) is 28.5 Å². The number of pyridine rings is 1. The lowest BCUT2D eigenvalue weighted by atomic mass is 10.1. The van der Waals surface area contributed by atoms with Crippen molar-refractivity contribution >= 4 is 17.5 Å². The number of hydrogen-bond acceptors (Lipinski definition) is 5. The van der Waals surface area contributed by atoms with E-state index in [9.17, 15) is 0 Å². The summed E-state index contributed by atoms with van der Waals surface area (Å²) in [5.74, 6) is 1.30. The van der Waals surface area contributed by atoms with Crippen LogP contribution in [0, 0.1) is 6.92 Å². The van der Waals surface area contributed by atoms with Gasteiger partial charge in [0.05, 0.1) is 17.9 Å². The van der Waals surface area contributed by atoms with Gasteiger partial charge in [-0.2, -0.15) is 4.98 Å². The summed E-state index contributed by atoms with van der Waals surface area (Å²) in [7, 11) is 0. The maximum atomic E-state index is 4.71. The first-order chi connectivity index (χ1) is 13.8. The highest BCUT2D eigenvalue weighted by Gasteiger charge is 2.08.